The second-order valence-corrected chi connectivity index (χ2v) is 11.1. The van der Waals surface area contributed by atoms with Crippen LogP contribution in [0.2, 0.25) is 5.02 Å². The predicted molar refractivity (Wildman–Crippen MR) is 151 cm³/mol. The largest absolute Gasteiger partial charge is 0.444 e. The summed E-state index contributed by atoms with van der Waals surface area (Å²) in [7, 11) is 0. The number of hydrogen-bond donors (Lipinski definition) is 4. The predicted octanol–water partition coefficient (Wildman–Crippen LogP) is 5.32. The van der Waals surface area contributed by atoms with Gasteiger partial charge in [0.2, 0.25) is 11.9 Å². The lowest BCUT2D eigenvalue weighted by Gasteiger charge is -2.30. The summed E-state index contributed by atoms with van der Waals surface area (Å²) in [6.45, 7) is 6.12. The Hall–Kier alpha value is -3.99. The van der Waals surface area contributed by atoms with E-state index in [-0.39, 0.29) is 18.2 Å². The zero-order chi connectivity index (χ0) is 27.4. The minimum absolute atomic E-state index is 0.106. The highest BCUT2D eigenvalue weighted by atomic mass is 35.5. The Morgan fingerprint density at radius 2 is 1.87 bits per heavy atom. The zero-order valence-corrected chi connectivity index (χ0v) is 22.9. The molecule has 4 N–H and O–H groups in total. The van der Waals surface area contributed by atoms with Crippen molar-refractivity contribution in [2.75, 3.05) is 10.6 Å². The topological polar surface area (TPSA) is 143 Å². The lowest BCUT2D eigenvalue weighted by Crippen LogP contribution is -2.42. The number of nitrogens with one attached hydrogen (secondary N) is 4. The number of fused-ring (bicyclic) bond motifs is 1. The first-order chi connectivity index (χ1) is 18.7. The van der Waals surface area contributed by atoms with Gasteiger partial charge in [-0.05, 0) is 70.2 Å². The van der Waals surface area contributed by atoms with Crippen LogP contribution < -0.4 is 16.0 Å². The van der Waals surface area contributed by atoms with Gasteiger partial charge in [0.25, 0.3) is 0 Å². The van der Waals surface area contributed by atoms with E-state index in [2.05, 4.69) is 46.1 Å². The van der Waals surface area contributed by atoms with Crippen molar-refractivity contribution in [2.24, 2.45) is 0 Å². The monoisotopic (exact) mass is 549 g/mol. The number of carbonyl (C=O) groups excluding carboxylic acids is 1. The van der Waals surface area contributed by atoms with E-state index in [1.165, 1.54) is 0 Å². The number of amides is 1. The number of aromatic nitrogens is 6. The van der Waals surface area contributed by atoms with Gasteiger partial charge in [-0.1, -0.05) is 23.7 Å². The Morgan fingerprint density at radius 3 is 2.64 bits per heavy atom. The molecular weight excluding hydrogens is 518 g/mol. The van der Waals surface area contributed by atoms with Crippen molar-refractivity contribution in [1.82, 2.24) is 35.5 Å². The van der Waals surface area contributed by atoms with Crippen molar-refractivity contribution in [3.8, 4) is 11.4 Å². The van der Waals surface area contributed by atoms with Crippen LogP contribution in [-0.2, 0) is 11.3 Å². The summed E-state index contributed by atoms with van der Waals surface area (Å²) in [5.74, 6) is 1.02. The first-order valence-electron chi connectivity index (χ1n) is 13.0. The fourth-order valence-corrected chi connectivity index (χ4v) is 4.73. The highest BCUT2D eigenvalue weighted by molar-refractivity contribution is 6.30. The molecule has 1 fully saturated rings. The second-order valence-electron chi connectivity index (χ2n) is 10.6. The number of nitrogens with zero attached hydrogens (tertiary/aromatic N) is 5. The molecule has 4 aromatic rings. The molecule has 3 heterocycles. The van der Waals surface area contributed by atoms with E-state index < -0.39 is 5.60 Å². The Bertz CT molecular complexity index is 1440. The van der Waals surface area contributed by atoms with E-state index in [9.17, 15) is 4.79 Å². The Morgan fingerprint density at radius 1 is 1.08 bits per heavy atom. The number of carbonyl (C=O) groups is 1. The smallest absolute Gasteiger partial charge is 0.407 e. The van der Waals surface area contributed by atoms with Crippen LogP contribution >= 0.6 is 11.6 Å². The molecule has 0 radical (unpaired) electrons. The second kappa shape index (κ2) is 11.4. The quantitative estimate of drug-likeness (QED) is 0.241. The molecule has 3 aromatic heterocycles. The maximum atomic E-state index is 12.1. The van der Waals surface area contributed by atoms with E-state index in [0.717, 1.165) is 36.6 Å². The summed E-state index contributed by atoms with van der Waals surface area (Å²) in [4.78, 5) is 30.2. The van der Waals surface area contributed by atoms with Crippen LogP contribution in [-0.4, -0.2) is 53.9 Å². The zero-order valence-electron chi connectivity index (χ0n) is 22.2. The lowest BCUT2D eigenvalue weighted by atomic mass is 9.91. The maximum Gasteiger partial charge on any atom is 0.407 e. The van der Waals surface area contributed by atoms with Crippen molar-refractivity contribution in [1.29, 1.82) is 0 Å². The lowest BCUT2D eigenvalue weighted by molar-refractivity contribution is 0.0492. The fraction of sp³-hybridized carbons (Fsp3) is 0.407. The Balaban J connectivity index is 1.19. The molecule has 0 aliphatic heterocycles. The average Bonchev–Trinajstić information content (AvgIpc) is 3.31. The van der Waals surface area contributed by atoms with Gasteiger partial charge in [0.15, 0.2) is 5.65 Å². The molecular formula is C27H32ClN9O2. The molecule has 1 aliphatic carbocycles. The highest BCUT2D eigenvalue weighted by Gasteiger charge is 2.25. The van der Waals surface area contributed by atoms with Crippen LogP contribution in [0, 0.1) is 0 Å². The Kier molecular flexibility index (Phi) is 7.78. The molecule has 1 aromatic carbocycles. The molecule has 0 unspecified atom stereocenters. The number of anilines is 2. The van der Waals surface area contributed by atoms with E-state index in [1.807, 2.05) is 45.0 Å². The summed E-state index contributed by atoms with van der Waals surface area (Å²) in [5, 5.41) is 18.5. The van der Waals surface area contributed by atoms with Gasteiger partial charge in [0.05, 0.1) is 11.1 Å². The summed E-state index contributed by atoms with van der Waals surface area (Å²) < 4.78 is 5.37. The number of rotatable bonds is 7. The van der Waals surface area contributed by atoms with Crippen molar-refractivity contribution in [3.05, 3.63) is 53.3 Å². The third-order valence-corrected chi connectivity index (χ3v) is 6.57. The van der Waals surface area contributed by atoms with E-state index in [1.54, 1.807) is 18.5 Å². The summed E-state index contributed by atoms with van der Waals surface area (Å²) >= 11 is 6.08. The van der Waals surface area contributed by atoms with Gasteiger partial charge >= 0.3 is 6.09 Å². The third kappa shape index (κ3) is 7.11. The van der Waals surface area contributed by atoms with Gasteiger partial charge in [-0.25, -0.2) is 19.7 Å². The number of aromatic amines is 1. The van der Waals surface area contributed by atoms with Crippen molar-refractivity contribution >= 4 is 40.6 Å². The fourth-order valence-electron chi connectivity index (χ4n) is 4.52. The van der Waals surface area contributed by atoms with Crippen molar-refractivity contribution in [3.63, 3.8) is 0 Å². The highest BCUT2D eigenvalue weighted by Crippen LogP contribution is 2.26. The van der Waals surface area contributed by atoms with E-state index in [4.69, 9.17) is 16.3 Å². The van der Waals surface area contributed by atoms with E-state index >= 15 is 0 Å². The van der Waals surface area contributed by atoms with Crippen LogP contribution in [0.3, 0.4) is 0 Å². The molecule has 1 amide bonds. The first kappa shape index (κ1) is 26.6. The van der Waals surface area contributed by atoms with Crippen LogP contribution in [0.1, 0.15) is 52.0 Å². The molecule has 204 valence electrons. The van der Waals surface area contributed by atoms with Crippen molar-refractivity contribution in [2.45, 2.75) is 70.7 Å². The van der Waals surface area contributed by atoms with Crippen LogP contribution in [0.5, 0.6) is 0 Å². The molecule has 11 nitrogen and oxygen atoms in total. The number of ether oxygens (including phenoxy) is 1. The number of halogens is 1. The summed E-state index contributed by atoms with van der Waals surface area (Å²) in [5.41, 5.74) is 2.46. The first-order valence-corrected chi connectivity index (χ1v) is 13.4. The van der Waals surface area contributed by atoms with Crippen LogP contribution in [0.4, 0.5) is 16.7 Å². The minimum atomic E-state index is -0.504. The molecule has 39 heavy (non-hydrogen) atoms. The molecule has 0 saturated heterocycles. The van der Waals surface area contributed by atoms with Gasteiger partial charge in [-0.3, -0.25) is 5.10 Å². The van der Waals surface area contributed by atoms with Gasteiger partial charge in [-0.2, -0.15) is 10.1 Å². The minimum Gasteiger partial charge on any atom is -0.444 e. The Labute approximate surface area is 231 Å². The van der Waals surface area contributed by atoms with Crippen molar-refractivity contribution < 1.29 is 9.53 Å². The van der Waals surface area contributed by atoms with Gasteiger partial charge in [0, 0.05) is 36.0 Å². The maximum absolute atomic E-state index is 12.1. The molecule has 5 rings (SSSR count). The number of hydrogen-bond acceptors (Lipinski definition) is 9. The molecule has 1 aliphatic rings. The molecule has 0 bridgehead atoms. The SMILES string of the molecule is CC(C)(C)OC(=O)N[C@H]1CC[C@H](Nc2ncc3c(-c4ccnc(NCc5cccc(Cl)c5)n4)n[nH]c3n2)CC1. The standard InChI is InChI=1S/C27H32ClN9O2/c1-27(2,3)39-26(38)33-19-9-7-18(8-10-19)32-25-31-15-20-22(36-37-23(20)35-25)21-11-12-29-24(34-21)30-14-16-5-4-6-17(28)13-16/h4-6,11-13,15,18-19H,7-10,14H2,1-3H3,(H,33,38)(H,29,30,34)(H2,31,32,35,36,37)/t18-,19-. The summed E-state index contributed by atoms with van der Waals surface area (Å²) in [6.07, 6.45) is 6.57. The summed E-state index contributed by atoms with van der Waals surface area (Å²) in [6, 6.07) is 9.76. The number of alkyl carbamates (subject to hydrolysis) is 1. The normalized spacial score (nSPS) is 17.5. The van der Waals surface area contributed by atoms with Crippen LogP contribution in [0.15, 0.2) is 42.7 Å². The van der Waals surface area contributed by atoms with Gasteiger partial charge < -0.3 is 20.7 Å². The number of benzene rings is 1. The third-order valence-electron chi connectivity index (χ3n) is 6.34. The average molecular weight is 550 g/mol. The number of H-pyrrole nitrogens is 1. The molecule has 0 atom stereocenters. The molecule has 12 heteroatoms. The molecule has 1 saturated carbocycles. The van der Waals surface area contributed by atoms with Crippen LogP contribution in [0.25, 0.3) is 22.4 Å². The molecule has 0 spiro atoms. The van der Waals surface area contributed by atoms with Gasteiger partial charge in [0.1, 0.15) is 11.3 Å². The van der Waals surface area contributed by atoms with Gasteiger partial charge in [-0.15, -0.1) is 0 Å². The van der Waals surface area contributed by atoms with E-state index in [0.29, 0.717) is 40.5 Å².